The second-order valence-electron chi connectivity index (χ2n) is 7.25. The van der Waals surface area contributed by atoms with Gasteiger partial charge in [0.05, 0.1) is 12.2 Å². The molecule has 1 heterocycles. The topological polar surface area (TPSA) is 58.6 Å². The first-order valence-electron chi connectivity index (χ1n) is 10.3. The van der Waals surface area contributed by atoms with Gasteiger partial charge >= 0.3 is 5.97 Å². The maximum absolute atomic E-state index is 12.8. The molecular formula is C23H30N2O3. The lowest BCUT2D eigenvalue weighted by Crippen LogP contribution is -2.34. The molecule has 0 fully saturated rings. The van der Waals surface area contributed by atoms with Gasteiger partial charge in [-0.15, -0.1) is 0 Å². The molecule has 1 aromatic rings. The highest BCUT2D eigenvalue weighted by Crippen LogP contribution is 2.42. The van der Waals surface area contributed by atoms with Gasteiger partial charge in [0.1, 0.15) is 0 Å². The summed E-state index contributed by atoms with van der Waals surface area (Å²) in [4.78, 5) is 27.9. The minimum atomic E-state index is -0.367. The zero-order chi connectivity index (χ0) is 20.3. The molecule has 1 aromatic carbocycles. The maximum Gasteiger partial charge on any atom is 0.336 e. The van der Waals surface area contributed by atoms with Crippen LogP contribution in [0.25, 0.3) is 0 Å². The summed E-state index contributed by atoms with van der Waals surface area (Å²) in [5.74, 6) is -0.593. The molecule has 0 saturated heterocycles. The van der Waals surface area contributed by atoms with Crippen molar-refractivity contribution in [2.24, 2.45) is 0 Å². The van der Waals surface area contributed by atoms with Gasteiger partial charge in [0.2, 0.25) is 0 Å². The third kappa shape index (κ3) is 3.71. The fourth-order valence-electron chi connectivity index (χ4n) is 4.26. The van der Waals surface area contributed by atoms with Crippen LogP contribution in [0.5, 0.6) is 0 Å². The van der Waals surface area contributed by atoms with Crippen LogP contribution in [0, 0.1) is 0 Å². The van der Waals surface area contributed by atoms with E-state index in [9.17, 15) is 9.59 Å². The third-order valence-electron chi connectivity index (χ3n) is 5.63. The van der Waals surface area contributed by atoms with Gasteiger partial charge in [-0.05, 0) is 58.2 Å². The number of Topliss-reactive ketones (excluding diaryl/α,β-unsaturated/α-hetero) is 1. The molecular weight excluding hydrogens is 352 g/mol. The first-order chi connectivity index (χ1) is 13.5. The number of dihydropyridines is 1. The maximum atomic E-state index is 12.8. The molecule has 1 atom stereocenters. The Morgan fingerprint density at radius 3 is 2.43 bits per heavy atom. The Balaban J connectivity index is 2.08. The van der Waals surface area contributed by atoms with E-state index in [1.165, 1.54) is 0 Å². The number of allylic oxidation sites excluding steroid dienone is 3. The second kappa shape index (κ2) is 8.63. The van der Waals surface area contributed by atoms with E-state index in [-0.39, 0.29) is 17.7 Å². The quantitative estimate of drug-likeness (QED) is 0.752. The van der Waals surface area contributed by atoms with Gasteiger partial charge in [0, 0.05) is 48.1 Å². The predicted octanol–water partition coefficient (Wildman–Crippen LogP) is 4.06. The first-order valence-corrected chi connectivity index (χ1v) is 10.3. The van der Waals surface area contributed by atoms with Crippen LogP contribution < -0.4 is 10.2 Å². The predicted molar refractivity (Wildman–Crippen MR) is 111 cm³/mol. The molecule has 0 spiro atoms. The van der Waals surface area contributed by atoms with Crippen molar-refractivity contribution in [3.8, 4) is 0 Å². The van der Waals surface area contributed by atoms with Crippen LogP contribution in [0.2, 0.25) is 0 Å². The molecule has 150 valence electrons. The smallest absolute Gasteiger partial charge is 0.336 e. The summed E-state index contributed by atoms with van der Waals surface area (Å²) in [6.45, 7) is 10.1. The molecule has 1 N–H and O–H groups in total. The summed E-state index contributed by atoms with van der Waals surface area (Å²) >= 11 is 0. The van der Waals surface area contributed by atoms with Crippen molar-refractivity contribution in [1.29, 1.82) is 0 Å². The van der Waals surface area contributed by atoms with Crippen LogP contribution >= 0.6 is 0 Å². The highest BCUT2D eigenvalue weighted by molar-refractivity contribution is 6.03. The van der Waals surface area contributed by atoms with Crippen molar-refractivity contribution in [2.45, 2.75) is 52.9 Å². The Labute approximate surface area is 167 Å². The molecule has 3 rings (SSSR count). The Morgan fingerprint density at radius 1 is 1.14 bits per heavy atom. The van der Waals surface area contributed by atoms with Crippen molar-refractivity contribution < 1.29 is 14.3 Å². The number of nitrogens with zero attached hydrogens (tertiary/aromatic N) is 1. The number of ketones is 1. The number of anilines is 1. The van der Waals surface area contributed by atoms with Crippen molar-refractivity contribution >= 4 is 17.4 Å². The average Bonchev–Trinajstić information content (AvgIpc) is 2.69. The molecule has 0 aromatic heterocycles. The number of rotatable bonds is 6. The molecule has 0 unspecified atom stereocenters. The Kier molecular flexibility index (Phi) is 6.22. The fourth-order valence-corrected chi connectivity index (χ4v) is 4.26. The van der Waals surface area contributed by atoms with Crippen LogP contribution in [-0.4, -0.2) is 31.4 Å². The van der Waals surface area contributed by atoms with E-state index in [2.05, 4.69) is 36.2 Å². The minimum Gasteiger partial charge on any atom is -0.463 e. The lowest BCUT2D eigenvalue weighted by atomic mass is 9.75. The molecule has 5 heteroatoms. The van der Waals surface area contributed by atoms with Crippen LogP contribution in [0.1, 0.15) is 58.4 Å². The van der Waals surface area contributed by atoms with Crippen molar-refractivity contribution in [1.82, 2.24) is 5.32 Å². The van der Waals surface area contributed by atoms with E-state index in [4.69, 9.17) is 4.74 Å². The molecule has 0 saturated carbocycles. The summed E-state index contributed by atoms with van der Waals surface area (Å²) in [7, 11) is 0. The molecule has 28 heavy (non-hydrogen) atoms. The van der Waals surface area contributed by atoms with E-state index in [1.807, 2.05) is 19.1 Å². The summed E-state index contributed by atoms with van der Waals surface area (Å²) < 4.78 is 5.34. The van der Waals surface area contributed by atoms with Crippen molar-refractivity contribution in [2.75, 3.05) is 24.6 Å². The Bertz CT molecular complexity index is 817. The standard InChI is InChI=1S/C23H30N2O3/c1-5-25(6-2)17-13-11-16(12-14-17)21-20(23(27)28-7-3)15(4)24-18-9-8-10-19(26)22(18)21/h11-14,21,24H,5-10H2,1-4H3/t21-/m0/s1. The molecule has 2 aliphatic rings. The molecule has 0 amide bonds. The number of esters is 1. The summed E-state index contributed by atoms with van der Waals surface area (Å²) in [5, 5.41) is 3.32. The highest BCUT2D eigenvalue weighted by atomic mass is 16.5. The summed E-state index contributed by atoms with van der Waals surface area (Å²) in [6, 6.07) is 8.25. The number of hydrogen-bond donors (Lipinski definition) is 1. The van der Waals surface area contributed by atoms with E-state index in [1.54, 1.807) is 6.92 Å². The van der Waals surface area contributed by atoms with Crippen LogP contribution in [-0.2, 0) is 14.3 Å². The second-order valence-corrected chi connectivity index (χ2v) is 7.25. The number of carbonyl (C=O) groups is 2. The lowest BCUT2D eigenvalue weighted by Gasteiger charge is -2.34. The van der Waals surface area contributed by atoms with Crippen molar-refractivity contribution in [3.05, 3.63) is 52.4 Å². The molecule has 1 aliphatic carbocycles. The van der Waals surface area contributed by atoms with Gasteiger partial charge in [-0.3, -0.25) is 4.79 Å². The largest absolute Gasteiger partial charge is 0.463 e. The van der Waals surface area contributed by atoms with Gasteiger partial charge in [-0.1, -0.05) is 12.1 Å². The van der Waals surface area contributed by atoms with E-state index >= 15 is 0 Å². The summed E-state index contributed by atoms with van der Waals surface area (Å²) in [6.07, 6.45) is 2.21. The lowest BCUT2D eigenvalue weighted by molar-refractivity contribution is -0.138. The van der Waals surface area contributed by atoms with Gasteiger partial charge in [0.25, 0.3) is 0 Å². The number of carbonyl (C=O) groups excluding carboxylic acids is 2. The molecule has 0 bridgehead atoms. The highest BCUT2D eigenvalue weighted by Gasteiger charge is 2.38. The third-order valence-corrected chi connectivity index (χ3v) is 5.63. The number of ether oxygens (including phenoxy) is 1. The van der Waals surface area contributed by atoms with Crippen molar-refractivity contribution in [3.63, 3.8) is 0 Å². The van der Waals surface area contributed by atoms with E-state index in [0.29, 0.717) is 18.6 Å². The average molecular weight is 383 g/mol. The summed E-state index contributed by atoms with van der Waals surface area (Å²) in [5.41, 5.74) is 5.12. The Morgan fingerprint density at radius 2 is 1.82 bits per heavy atom. The first kappa shape index (κ1) is 20.2. The minimum absolute atomic E-state index is 0.126. The zero-order valence-corrected chi connectivity index (χ0v) is 17.3. The molecule has 0 radical (unpaired) electrons. The SMILES string of the molecule is CCOC(=O)C1=C(C)NC2=C(C(=O)CCC2)[C@H]1c1ccc(N(CC)CC)cc1. The molecule has 5 nitrogen and oxygen atoms in total. The normalized spacial score (nSPS) is 19.3. The number of benzene rings is 1. The van der Waals surface area contributed by atoms with Gasteiger partial charge in [0.15, 0.2) is 5.78 Å². The van der Waals surface area contributed by atoms with E-state index in [0.717, 1.165) is 54.1 Å². The fraction of sp³-hybridized carbons (Fsp3) is 0.478. The zero-order valence-electron chi connectivity index (χ0n) is 17.3. The van der Waals surface area contributed by atoms with Gasteiger partial charge < -0.3 is 15.0 Å². The van der Waals surface area contributed by atoms with Gasteiger partial charge in [-0.2, -0.15) is 0 Å². The van der Waals surface area contributed by atoms with Crippen LogP contribution in [0.15, 0.2) is 46.8 Å². The number of hydrogen-bond acceptors (Lipinski definition) is 5. The van der Waals surface area contributed by atoms with Crippen LogP contribution in [0.4, 0.5) is 5.69 Å². The monoisotopic (exact) mass is 382 g/mol. The number of nitrogens with one attached hydrogen (secondary N) is 1. The van der Waals surface area contributed by atoms with Gasteiger partial charge in [-0.25, -0.2) is 4.79 Å². The Hall–Kier alpha value is -2.56. The molecule has 1 aliphatic heterocycles. The van der Waals surface area contributed by atoms with E-state index < -0.39 is 0 Å². The van der Waals surface area contributed by atoms with Crippen LogP contribution in [0.3, 0.4) is 0 Å².